The Morgan fingerprint density at radius 2 is 2.12 bits per heavy atom. The van der Waals surface area contributed by atoms with Gasteiger partial charge in [0.25, 0.3) is 5.91 Å². The number of benzene rings is 1. The molecule has 8 heteroatoms. The van der Waals surface area contributed by atoms with E-state index in [4.69, 9.17) is 11.6 Å². The molecule has 5 nitrogen and oxygen atoms in total. The predicted molar refractivity (Wildman–Crippen MR) is 109 cm³/mol. The van der Waals surface area contributed by atoms with E-state index in [0.29, 0.717) is 5.02 Å². The number of nitrogens with one attached hydrogen (secondary N) is 1. The van der Waals surface area contributed by atoms with Crippen molar-refractivity contribution in [3.05, 3.63) is 45.9 Å². The van der Waals surface area contributed by atoms with Crippen molar-refractivity contribution in [2.24, 2.45) is 0 Å². The third kappa shape index (κ3) is 3.60. The maximum absolute atomic E-state index is 12.9. The normalized spacial score (nSPS) is 14.9. The lowest BCUT2D eigenvalue weighted by Gasteiger charge is -2.18. The van der Waals surface area contributed by atoms with Crippen molar-refractivity contribution in [3.8, 4) is 5.69 Å². The standard InChI is InChI=1S/C18H19ClN4OS.ClH/c1-12-15-11-16(17(24)22-8-3-6-20-7-9-22)25-18(15)23(21-12)14-5-2-4-13(19)10-14;/h2,4-5,10-11,20H,3,6-9H2,1H3;1H. The summed E-state index contributed by atoms with van der Waals surface area (Å²) in [4.78, 5) is 16.6. The van der Waals surface area contributed by atoms with Crippen LogP contribution in [-0.2, 0) is 0 Å². The SMILES string of the molecule is Cc1nn(-c2cccc(Cl)c2)c2sc(C(=O)N3CCCNCC3)cc12.Cl. The lowest BCUT2D eigenvalue weighted by Crippen LogP contribution is -2.33. The zero-order valence-corrected chi connectivity index (χ0v) is 16.8. The first-order chi connectivity index (χ1) is 12.1. The number of carbonyl (C=O) groups is 1. The van der Waals surface area contributed by atoms with Crippen molar-refractivity contribution in [1.29, 1.82) is 0 Å². The lowest BCUT2D eigenvalue weighted by atomic mass is 10.3. The average Bonchev–Trinajstić information content (AvgIpc) is 3.03. The molecule has 138 valence electrons. The molecule has 0 atom stereocenters. The van der Waals surface area contributed by atoms with Crippen molar-refractivity contribution in [2.45, 2.75) is 13.3 Å². The van der Waals surface area contributed by atoms with Crippen molar-refractivity contribution in [2.75, 3.05) is 26.2 Å². The molecular formula is C18H20Cl2N4OS. The number of rotatable bonds is 2. The Morgan fingerprint density at radius 1 is 1.27 bits per heavy atom. The zero-order chi connectivity index (χ0) is 17.4. The summed E-state index contributed by atoms with van der Waals surface area (Å²) in [6, 6.07) is 9.58. The lowest BCUT2D eigenvalue weighted by molar-refractivity contribution is 0.0771. The minimum Gasteiger partial charge on any atom is -0.337 e. The Bertz CT molecular complexity index is 929. The van der Waals surface area contributed by atoms with E-state index < -0.39 is 0 Å². The van der Waals surface area contributed by atoms with Crippen LogP contribution < -0.4 is 5.32 Å². The largest absolute Gasteiger partial charge is 0.337 e. The minimum absolute atomic E-state index is 0. The van der Waals surface area contributed by atoms with Crippen LogP contribution in [-0.4, -0.2) is 46.8 Å². The smallest absolute Gasteiger partial charge is 0.264 e. The molecule has 0 spiro atoms. The van der Waals surface area contributed by atoms with Crippen LogP contribution in [0.5, 0.6) is 0 Å². The van der Waals surface area contributed by atoms with Gasteiger partial charge in [0.15, 0.2) is 0 Å². The summed E-state index contributed by atoms with van der Waals surface area (Å²) in [7, 11) is 0. The molecule has 1 N–H and O–H groups in total. The van der Waals surface area contributed by atoms with Crippen LogP contribution in [0.4, 0.5) is 0 Å². The van der Waals surface area contributed by atoms with Gasteiger partial charge in [-0.05, 0) is 44.2 Å². The summed E-state index contributed by atoms with van der Waals surface area (Å²) in [6.45, 7) is 5.36. The number of halogens is 2. The van der Waals surface area contributed by atoms with Crippen LogP contribution in [0, 0.1) is 6.92 Å². The van der Waals surface area contributed by atoms with E-state index in [9.17, 15) is 4.79 Å². The number of hydrogen-bond donors (Lipinski definition) is 1. The average molecular weight is 411 g/mol. The van der Waals surface area contributed by atoms with Crippen LogP contribution >= 0.6 is 35.3 Å². The molecule has 1 aromatic carbocycles. The second kappa shape index (κ2) is 7.96. The molecule has 2 aromatic heterocycles. The number of carbonyl (C=O) groups excluding carboxylic acids is 1. The summed E-state index contributed by atoms with van der Waals surface area (Å²) in [5.74, 6) is 0.113. The van der Waals surface area contributed by atoms with Crippen LogP contribution in [0.2, 0.25) is 5.02 Å². The van der Waals surface area contributed by atoms with Gasteiger partial charge in [-0.1, -0.05) is 17.7 Å². The number of hydrogen-bond acceptors (Lipinski definition) is 4. The summed E-state index contributed by atoms with van der Waals surface area (Å²) in [6.07, 6.45) is 0.992. The topological polar surface area (TPSA) is 50.2 Å². The zero-order valence-electron chi connectivity index (χ0n) is 14.4. The summed E-state index contributed by atoms with van der Waals surface area (Å²) in [5, 5.41) is 9.65. The Balaban J connectivity index is 0.00000196. The fourth-order valence-electron chi connectivity index (χ4n) is 3.14. The maximum Gasteiger partial charge on any atom is 0.264 e. The number of thiophene rings is 1. The third-order valence-corrected chi connectivity index (χ3v) is 5.77. The quantitative estimate of drug-likeness (QED) is 0.696. The second-order valence-corrected chi connectivity index (χ2v) is 7.67. The number of nitrogens with zero attached hydrogens (tertiary/aromatic N) is 3. The van der Waals surface area contributed by atoms with E-state index in [1.165, 1.54) is 11.3 Å². The summed E-state index contributed by atoms with van der Waals surface area (Å²) in [5.41, 5.74) is 1.83. The second-order valence-electron chi connectivity index (χ2n) is 6.20. The highest BCUT2D eigenvalue weighted by Crippen LogP contribution is 2.31. The van der Waals surface area contributed by atoms with E-state index in [1.54, 1.807) is 0 Å². The van der Waals surface area contributed by atoms with Gasteiger partial charge >= 0.3 is 0 Å². The highest BCUT2D eigenvalue weighted by molar-refractivity contribution is 7.20. The number of aromatic nitrogens is 2. The molecule has 0 radical (unpaired) electrons. The molecule has 0 bridgehead atoms. The molecular weight excluding hydrogens is 391 g/mol. The van der Waals surface area contributed by atoms with Gasteiger partial charge in [0.2, 0.25) is 0 Å². The van der Waals surface area contributed by atoms with Gasteiger partial charge in [-0.2, -0.15) is 5.10 Å². The van der Waals surface area contributed by atoms with Gasteiger partial charge in [0, 0.05) is 30.0 Å². The Morgan fingerprint density at radius 3 is 2.92 bits per heavy atom. The molecule has 4 rings (SSSR count). The molecule has 1 amide bonds. The molecule has 1 fully saturated rings. The maximum atomic E-state index is 12.9. The van der Waals surface area contributed by atoms with E-state index in [0.717, 1.165) is 59.1 Å². The van der Waals surface area contributed by atoms with Gasteiger partial charge in [-0.25, -0.2) is 4.68 Å². The first-order valence-electron chi connectivity index (χ1n) is 8.38. The molecule has 1 saturated heterocycles. The fraction of sp³-hybridized carbons (Fsp3) is 0.333. The first kappa shape index (κ1) is 19.2. The van der Waals surface area contributed by atoms with E-state index in [2.05, 4.69) is 10.4 Å². The molecule has 0 saturated carbocycles. The van der Waals surface area contributed by atoms with E-state index >= 15 is 0 Å². The van der Waals surface area contributed by atoms with Gasteiger partial charge in [-0.3, -0.25) is 4.79 Å². The summed E-state index contributed by atoms with van der Waals surface area (Å²) < 4.78 is 1.88. The molecule has 26 heavy (non-hydrogen) atoms. The number of amides is 1. The predicted octanol–water partition coefficient (Wildman–Crippen LogP) is 3.91. The molecule has 3 aromatic rings. The van der Waals surface area contributed by atoms with Crippen molar-refractivity contribution >= 4 is 51.5 Å². The van der Waals surface area contributed by atoms with E-state index in [1.807, 2.05) is 46.8 Å². The number of fused-ring (bicyclic) bond motifs is 1. The van der Waals surface area contributed by atoms with Gasteiger partial charge < -0.3 is 10.2 Å². The third-order valence-electron chi connectivity index (χ3n) is 4.44. The van der Waals surface area contributed by atoms with Crippen molar-refractivity contribution < 1.29 is 4.79 Å². The van der Waals surface area contributed by atoms with Crippen LogP contribution in [0.3, 0.4) is 0 Å². The van der Waals surface area contributed by atoms with Crippen LogP contribution in [0.15, 0.2) is 30.3 Å². The highest BCUT2D eigenvalue weighted by Gasteiger charge is 2.22. The first-order valence-corrected chi connectivity index (χ1v) is 9.58. The molecule has 1 aliphatic heterocycles. The monoisotopic (exact) mass is 410 g/mol. The van der Waals surface area contributed by atoms with E-state index in [-0.39, 0.29) is 18.3 Å². The Labute approximate surface area is 167 Å². The van der Waals surface area contributed by atoms with Crippen LogP contribution in [0.1, 0.15) is 21.8 Å². The Hall–Kier alpha value is -1.60. The highest BCUT2D eigenvalue weighted by atomic mass is 35.5. The molecule has 3 heterocycles. The van der Waals surface area contributed by atoms with Gasteiger partial charge in [0.05, 0.1) is 16.3 Å². The number of aryl methyl sites for hydroxylation is 1. The van der Waals surface area contributed by atoms with Crippen molar-refractivity contribution in [3.63, 3.8) is 0 Å². The van der Waals surface area contributed by atoms with Crippen LogP contribution in [0.25, 0.3) is 15.9 Å². The fourth-order valence-corrected chi connectivity index (χ4v) is 4.48. The minimum atomic E-state index is 0. The molecule has 1 aliphatic rings. The molecule has 0 aliphatic carbocycles. The van der Waals surface area contributed by atoms with Gasteiger partial charge in [0.1, 0.15) is 4.83 Å². The summed E-state index contributed by atoms with van der Waals surface area (Å²) >= 11 is 7.62. The Kier molecular flexibility index (Phi) is 5.87. The van der Waals surface area contributed by atoms with Gasteiger partial charge in [-0.15, -0.1) is 23.7 Å². The molecule has 0 unspecified atom stereocenters. The van der Waals surface area contributed by atoms with Crippen molar-refractivity contribution in [1.82, 2.24) is 20.0 Å².